The fraction of sp³-hybridized carbons (Fsp3) is 0.188. The Kier molecular flexibility index (Phi) is 4.90. The van der Waals surface area contributed by atoms with Crippen LogP contribution in [0, 0.1) is 0 Å². The second-order valence-electron chi connectivity index (χ2n) is 4.71. The normalized spacial score (nSPS) is 10.8. The summed E-state index contributed by atoms with van der Waals surface area (Å²) in [6, 6.07) is 12.2. The van der Waals surface area contributed by atoms with E-state index in [2.05, 4.69) is 54.7 Å². The lowest BCUT2D eigenvalue weighted by molar-refractivity contribution is 0.687. The topological polar surface area (TPSA) is 43.6 Å². The van der Waals surface area contributed by atoms with Crippen molar-refractivity contribution in [2.45, 2.75) is 24.4 Å². The van der Waals surface area contributed by atoms with Gasteiger partial charge in [-0.3, -0.25) is 4.98 Å². The first-order chi connectivity index (χ1) is 10.8. The van der Waals surface area contributed by atoms with Gasteiger partial charge in [0.15, 0.2) is 11.0 Å². The van der Waals surface area contributed by atoms with Gasteiger partial charge in [-0.15, -0.1) is 10.2 Å². The SMILES string of the molecule is CCn1c(SCc2cccc(Br)c2)nnc1-c1cccnc1. The third kappa shape index (κ3) is 3.39. The highest BCUT2D eigenvalue weighted by Crippen LogP contribution is 2.26. The Morgan fingerprint density at radius 3 is 2.82 bits per heavy atom. The molecular weight excluding hydrogens is 360 g/mol. The van der Waals surface area contributed by atoms with Crippen LogP contribution in [0.15, 0.2) is 58.4 Å². The Morgan fingerprint density at radius 1 is 1.18 bits per heavy atom. The molecule has 0 fully saturated rings. The van der Waals surface area contributed by atoms with Crippen molar-refractivity contribution in [2.24, 2.45) is 0 Å². The summed E-state index contributed by atoms with van der Waals surface area (Å²) in [5, 5.41) is 9.60. The van der Waals surface area contributed by atoms with E-state index in [1.165, 1.54) is 5.56 Å². The molecule has 22 heavy (non-hydrogen) atoms. The van der Waals surface area contributed by atoms with Gasteiger partial charge < -0.3 is 4.57 Å². The van der Waals surface area contributed by atoms with E-state index in [1.54, 1.807) is 18.0 Å². The molecule has 6 heteroatoms. The molecule has 0 saturated heterocycles. The van der Waals surface area contributed by atoms with Crippen LogP contribution in [0.1, 0.15) is 12.5 Å². The maximum atomic E-state index is 4.34. The number of hydrogen-bond acceptors (Lipinski definition) is 4. The molecule has 3 rings (SSSR count). The summed E-state index contributed by atoms with van der Waals surface area (Å²) in [6.07, 6.45) is 3.58. The Bertz CT molecular complexity index is 758. The number of hydrogen-bond donors (Lipinski definition) is 0. The summed E-state index contributed by atoms with van der Waals surface area (Å²) in [4.78, 5) is 4.16. The van der Waals surface area contributed by atoms with Crippen molar-refractivity contribution in [1.82, 2.24) is 19.7 Å². The maximum absolute atomic E-state index is 4.34. The average molecular weight is 375 g/mol. The summed E-state index contributed by atoms with van der Waals surface area (Å²) >= 11 is 5.20. The maximum Gasteiger partial charge on any atom is 0.191 e. The molecule has 4 nitrogen and oxygen atoms in total. The fourth-order valence-electron chi connectivity index (χ4n) is 2.16. The molecule has 0 aliphatic heterocycles. The van der Waals surface area contributed by atoms with Crippen LogP contribution in [0.5, 0.6) is 0 Å². The van der Waals surface area contributed by atoms with E-state index in [0.717, 1.165) is 33.3 Å². The third-order valence-electron chi connectivity index (χ3n) is 3.21. The van der Waals surface area contributed by atoms with Gasteiger partial charge in [0, 0.05) is 34.7 Å². The Labute approximate surface area is 142 Å². The first-order valence-corrected chi connectivity index (χ1v) is 8.76. The molecule has 2 aromatic heterocycles. The van der Waals surface area contributed by atoms with E-state index < -0.39 is 0 Å². The van der Waals surface area contributed by atoms with E-state index in [9.17, 15) is 0 Å². The Hall–Kier alpha value is -1.66. The van der Waals surface area contributed by atoms with Crippen molar-refractivity contribution < 1.29 is 0 Å². The minimum atomic E-state index is 0.831. The zero-order valence-corrected chi connectivity index (χ0v) is 14.5. The number of rotatable bonds is 5. The lowest BCUT2D eigenvalue weighted by Gasteiger charge is -2.07. The zero-order chi connectivity index (χ0) is 15.4. The summed E-state index contributed by atoms with van der Waals surface area (Å²) in [7, 11) is 0. The van der Waals surface area contributed by atoms with Crippen LogP contribution in [-0.2, 0) is 12.3 Å². The van der Waals surface area contributed by atoms with Gasteiger partial charge in [0.1, 0.15) is 0 Å². The van der Waals surface area contributed by atoms with Crippen LogP contribution in [0.25, 0.3) is 11.4 Å². The van der Waals surface area contributed by atoms with Gasteiger partial charge >= 0.3 is 0 Å². The highest BCUT2D eigenvalue weighted by molar-refractivity contribution is 9.10. The van der Waals surface area contributed by atoms with Crippen molar-refractivity contribution in [3.8, 4) is 11.4 Å². The molecule has 0 N–H and O–H groups in total. The van der Waals surface area contributed by atoms with Gasteiger partial charge in [0.05, 0.1) is 0 Å². The third-order valence-corrected chi connectivity index (χ3v) is 4.74. The van der Waals surface area contributed by atoms with Crippen LogP contribution in [0.4, 0.5) is 0 Å². The van der Waals surface area contributed by atoms with E-state index >= 15 is 0 Å². The summed E-state index contributed by atoms with van der Waals surface area (Å²) in [6.45, 7) is 2.93. The predicted octanol–water partition coefficient (Wildman–Crippen LogP) is 4.41. The molecule has 0 unspecified atom stereocenters. The van der Waals surface area contributed by atoms with Crippen LogP contribution < -0.4 is 0 Å². The monoisotopic (exact) mass is 374 g/mol. The number of pyridine rings is 1. The molecule has 0 amide bonds. The fourth-order valence-corrected chi connectivity index (χ4v) is 3.56. The molecule has 1 aromatic carbocycles. The van der Waals surface area contributed by atoms with Crippen LogP contribution >= 0.6 is 27.7 Å². The van der Waals surface area contributed by atoms with Gasteiger partial charge in [0.2, 0.25) is 0 Å². The van der Waals surface area contributed by atoms with E-state index in [-0.39, 0.29) is 0 Å². The zero-order valence-electron chi connectivity index (χ0n) is 12.1. The molecule has 112 valence electrons. The molecule has 0 aliphatic rings. The summed E-state index contributed by atoms with van der Waals surface area (Å²) < 4.78 is 3.22. The van der Waals surface area contributed by atoms with Crippen LogP contribution in [0.3, 0.4) is 0 Å². The lowest BCUT2D eigenvalue weighted by Crippen LogP contribution is -2.00. The lowest BCUT2D eigenvalue weighted by atomic mass is 10.2. The quantitative estimate of drug-likeness (QED) is 0.620. The number of halogens is 1. The van der Waals surface area contributed by atoms with Gasteiger partial charge in [0.25, 0.3) is 0 Å². The van der Waals surface area contributed by atoms with Gasteiger partial charge in [-0.2, -0.15) is 0 Å². The standard InChI is InChI=1S/C16H15BrN4S/c1-2-21-15(13-6-4-8-18-10-13)19-20-16(21)22-11-12-5-3-7-14(17)9-12/h3-10H,2,11H2,1H3. The highest BCUT2D eigenvalue weighted by Gasteiger charge is 2.13. The van der Waals surface area contributed by atoms with Gasteiger partial charge in [-0.05, 0) is 36.8 Å². The molecule has 2 heterocycles. The van der Waals surface area contributed by atoms with E-state index in [1.807, 2.05) is 30.5 Å². The van der Waals surface area contributed by atoms with Gasteiger partial charge in [-0.25, -0.2) is 0 Å². The summed E-state index contributed by atoms with van der Waals surface area (Å²) in [5.74, 6) is 1.73. The van der Waals surface area contributed by atoms with Crippen molar-refractivity contribution in [2.75, 3.05) is 0 Å². The average Bonchev–Trinajstić information content (AvgIpc) is 2.97. The predicted molar refractivity (Wildman–Crippen MR) is 92.6 cm³/mol. The largest absolute Gasteiger partial charge is 0.302 e. The minimum Gasteiger partial charge on any atom is -0.302 e. The molecule has 0 bridgehead atoms. The first kappa shape index (κ1) is 15.2. The molecule has 3 aromatic rings. The first-order valence-electron chi connectivity index (χ1n) is 6.98. The number of nitrogens with zero attached hydrogens (tertiary/aromatic N) is 4. The molecular formula is C16H15BrN4S. The van der Waals surface area contributed by atoms with Gasteiger partial charge in [-0.1, -0.05) is 39.8 Å². The molecule has 0 spiro atoms. The Morgan fingerprint density at radius 2 is 2.09 bits per heavy atom. The number of aromatic nitrogens is 4. The van der Waals surface area contributed by atoms with E-state index in [4.69, 9.17) is 0 Å². The van der Waals surface area contributed by atoms with Crippen molar-refractivity contribution in [3.05, 3.63) is 58.8 Å². The number of benzene rings is 1. The molecule has 0 atom stereocenters. The Balaban J connectivity index is 1.81. The minimum absolute atomic E-state index is 0.831. The van der Waals surface area contributed by atoms with Crippen LogP contribution in [0.2, 0.25) is 0 Å². The summed E-state index contributed by atoms with van der Waals surface area (Å²) in [5.41, 5.74) is 2.25. The molecule has 0 aliphatic carbocycles. The smallest absolute Gasteiger partial charge is 0.191 e. The van der Waals surface area contributed by atoms with Crippen molar-refractivity contribution in [3.63, 3.8) is 0 Å². The van der Waals surface area contributed by atoms with Crippen LogP contribution in [-0.4, -0.2) is 19.7 Å². The highest BCUT2D eigenvalue weighted by atomic mass is 79.9. The molecule has 0 radical (unpaired) electrons. The number of thioether (sulfide) groups is 1. The molecule has 0 saturated carbocycles. The second kappa shape index (κ2) is 7.07. The second-order valence-corrected chi connectivity index (χ2v) is 6.57. The van der Waals surface area contributed by atoms with Crippen molar-refractivity contribution in [1.29, 1.82) is 0 Å². The van der Waals surface area contributed by atoms with E-state index in [0.29, 0.717) is 0 Å². The van der Waals surface area contributed by atoms with Crippen molar-refractivity contribution >= 4 is 27.7 Å².